The molecule has 0 N–H and O–H groups in total. The monoisotopic (exact) mass is 389 g/mol. The van der Waals surface area contributed by atoms with Crippen molar-refractivity contribution in [1.29, 1.82) is 0 Å². The maximum atomic E-state index is 13.1. The van der Waals surface area contributed by atoms with Gasteiger partial charge in [-0.05, 0) is 55.1 Å². The van der Waals surface area contributed by atoms with Crippen molar-refractivity contribution < 1.29 is 4.74 Å². The molecule has 0 saturated carbocycles. The summed E-state index contributed by atoms with van der Waals surface area (Å²) in [6.07, 6.45) is 1.66. The van der Waals surface area contributed by atoms with E-state index in [0.29, 0.717) is 24.5 Å². The Bertz CT molecular complexity index is 1240. The van der Waals surface area contributed by atoms with Crippen LogP contribution in [0.1, 0.15) is 26.7 Å². The second-order valence-electron chi connectivity index (χ2n) is 6.91. The number of para-hydroxylation sites is 1. The number of nitrogens with zero attached hydrogens (tertiary/aromatic N) is 3. The Morgan fingerprint density at radius 1 is 1.00 bits per heavy atom. The van der Waals surface area contributed by atoms with Crippen LogP contribution in [-0.4, -0.2) is 20.7 Å². The van der Waals surface area contributed by atoms with Gasteiger partial charge in [-0.25, -0.2) is 4.79 Å². The normalized spacial score (nSPS) is 11.2. The minimum atomic E-state index is -0.508. The smallest absolute Gasteiger partial charge is 0.352 e. The van der Waals surface area contributed by atoms with Crippen LogP contribution in [0.3, 0.4) is 0 Å². The predicted molar refractivity (Wildman–Crippen MR) is 114 cm³/mol. The highest BCUT2D eigenvalue weighted by molar-refractivity contribution is 5.87. The number of aromatic nitrogens is 3. The first kappa shape index (κ1) is 18.9. The number of rotatable bonds is 6. The molecule has 0 amide bonds. The van der Waals surface area contributed by atoms with E-state index in [1.807, 2.05) is 73.0 Å². The van der Waals surface area contributed by atoms with Crippen LogP contribution in [0.15, 0.2) is 64.2 Å². The zero-order chi connectivity index (χ0) is 20.4. The van der Waals surface area contributed by atoms with Gasteiger partial charge in [0, 0.05) is 12.2 Å². The molecule has 6 heteroatoms. The quantitative estimate of drug-likeness (QED) is 0.470. The Morgan fingerprint density at radius 2 is 1.76 bits per heavy atom. The van der Waals surface area contributed by atoms with E-state index in [4.69, 9.17) is 4.74 Å². The van der Waals surface area contributed by atoms with E-state index in [2.05, 4.69) is 4.98 Å². The highest BCUT2D eigenvalue weighted by Crippen LogP contribution is 2.28. The highest BCUT2D eigenvalue weighted by atomic mass is 16.5. The van der Waals surface area contributed by atoms with Gasteiger partial charge in [-0.3, -0.25) is 13.9 Å². The molecule has 29 heavy (non-hydrogen) atoms. The lowest BCUT2D eigenvalue weighted by molar-refractivity contribution is 0.340. The molecule has 2 aliphatic heterocycles. The van der Waals surface area contributed by atoms with Crippen LogP contribution in [0, 0.1) is 0 Å². The first-order valence-electron chi connectivity index (χ1n) is 9.92. The van der Waals surface area contributed by atoms with Crippen LogP contribution in [0.2, 0.25) is 0 Å². The fourth-order valence-electron chi connectivity index (χ4n) is 3.55. The van der Waals surface area contributed by atoms with E-state index in [1.54, 1.807) is 0 Å². The molecule has 2 heterocycles. The molecule has 4 rings (SSSR count). The van der Waals surface area contributed by atoms with E-state index < -0.39 is 5.69 Å². The minimum Gasteiger partial charge on any atom is -0.494 e. The van der Waals surface area contributed by atoms with Gasteiger partial charge in [0.05, 0.1) is 17.7 Å². The first-order chi connectivity index (χ1) is 14.1. The Hall–Kier alpha value is -3.41. The van der Waals surface area contributed by atoms with Crippen molar-refractivity contribution in [3.05, 3.63) is 75.4 Å². The predicted octanol–water partition coefficient (Wildman–Crippen LogP) is 3.85. The second-order valence-corrected chi connectivity index (χ2v) is 6.91. The van der Waals surface area contributed by atoms with Crippen LogP contribution in [0.4, 0.5) is 0 Å². The lowest BCUT2D eigenvalue weighted by Crippen LogP contribution is -2.38. The zero-order valence-corrected chi connectivity index (χ0v) is 16.6. The molecule has 0 bridgehead atoms. The second kappa shape index (κ2) is 7.91. The minimum absolute atomic E-state index is 0.293. The number of fused-ring (bicyclic) bond motifs is 2. The fraction of sp³-hybridized carbons (Fsp3) is 0.261. The van der Waals surface area contributed by atoms with Gasteiger partial charge in [0.2, 0.25) is 0 Å². The molecule has 2 aromatic carbocycles. The standard InChI is InChI=1S/C23H23N3O3/c1-3-5-14-25-22(27)19-15-16-8-6-7-9-20(16)26(21(19)24-23(25)28)17-10-12-18(13-11-17)29-4-2/h6-13,15H,3-5,14H2,1-2H3. The van der Waals surface area contributed by atoms with Gasteiger partial charge in [0.15, 0.2) is 5.82 Å². The Kier molecular flexibility index (Phi) is 5.16. The Labute approximate surface area is 168 Å². The molecular formula is C23H23N3O3. The molecule has 0 radical (unpaired) electrons. The first-order valence-corrected chi connectivity index (χ1v) is 9.92. The van der Waals surface area contributed by atoms with Crippen LogP contribution >= 0.6 is 0 Å². The molecule has 0 aliphatic carbocycles. The van der Waals surface area contributed by atoms with Crippen molar-refractivity contribution in [3.8, 4) is 22.8 Å². The fourth-order valence-corrected chi connectivity index (χ4v) is 3.55. The van der Waals surface area contributed by atoms with Gasteiger partial charge >= 0.3 is 5.69 Å². The lowest BCUT2D eigenvalue weighted by atomic mass is 10.1. The average Bonchev–Trinajstić information content (AvgIpc) is 2.73. The average molecular weight is 389 g/mol. The van der Waals surface area contributed by atoms with Gasteiger partial charge in [0.25, 0.3) is 5.56 Å². The molecule has 2 aromatic rings. The Balaban J connectivity index is 2.03. The van der Waals surface area contributed by atoms with E-state index in [-0.39, 0.29) is 5.56 Å². The van der Waals surface area contributed by atoms with Gasteiger partial charge in [0.1, 0.15) is 5.75 Å². The number of unbranched alkanes of at least 4 members (excludes halogenated alkanes) is 1. The summed E-state index contributed by atoms with van der Waals surface area (Å²) >= 11 is 0. The highest BCUT2D eigenvalue weighted by Gasteiger charge is 2.20. The van der Waals surface area contributed by atoms with Gasteiger partial charge in [-0.1, -0.05) is 31.5 Å². The van der Waals surface area contributed by atoms with Crippen LogP contribution in [0.5, 0.6) is 5.75 Å². The molecule has 0 saturated heterocycles. The third kappa shape index (κ3) is 3.42. The molecule has 0 spiro atoms. The van der Waals surface area contributed by atoms with E-state index in [9.17, 15) is 9.59 Å². The number of ether oxygens (including phenoxy) is 1. The van der Waals surface area contributed by atoms with Crippen LogP contribution in [-0.2, 0) is 6.54 Å². The van der Waals surface area contributed by atoms with Gasteiger partial charge in [-0.15, -0.1) is 0 Å². The van der Waals surface area contributed by atoms with E-state index in [0.717, 1.165) is 35.2 Å². The summed E-state index contributed by atoms with van der Waals surface area (Å²) in [6, 6.07) is 17.2. The number of benzene rings is 2. The van der Waals surface area contributed by atoms with E-state index >= 15 is 0 Å². The largest absolute Gasteiger partial charge is 0.494 e. The third-order valence-electron chi connectivity index (χ3n) is 4.98. The number of hydrogen-bond acceptors (Lipinski definition) is 4. The molecule has 0 atom stereocenters. The molecule has 0 aromatic heterocycles. The maximum absolute atomic E-state index is 13.1. The summed E-state index contributed by atoms with van der Waals surface area (Å²) in [5, 5.41) is 0.911. The van der Waals surface area contributed by atoms with Gasteiger partial charge < -0.3 is 4.74 Å². The Morgan fingerprint density at radius 3 is 2.48 bits per heavy atom. The SMILES string of the molecule is CCCCn1c(=O)nc2n(-c3ccc(OCC)cc3)c3ccccc3cc-2c1=O. The van der Waals surface area contributed by atoms with Crippen LogP contribution < -0.4 is 16.0 Å². The van der Waals surface area contributed by atoms with Crippen molar-refractivity contribution in [2.75, 3.05) is 6.61 Å². The number of pyridine rings is 1. The summed E-state index contributed by atoms with van der Waals surface area (Å²) in [4.78, 5) is 30.1. The summed E-state index contributed by atoms with van der Waals surface area (Å²) in [6.45, 7) is 4.93. The molecular weight excluding hydrogens is 366 g/mol. The van der Waals surface area contributed by atoms with Crippen LogP contribution in [0.25, 0.3) is 28.0 Å². The number of hydrogen-bond donors (Lipinski definition) is 0. The molecule has 2 aliphatic rings. The van der Waals surface area contributed by atoms with Crippen molar-refractivity contribution in [3.63, 3.8) is 0 Å². The lowest BCUT2D eigenvalue weighted by Gasteiger charge is -2.19. The van der Waals surface area contributed by atoms with Gasteiger partial charge in [-0.2, -0.15) is 4.98 Å². The summed E-state index contributed by atoms with van der Waals surface area (Å²) in [5.41, 5.74) is 1.33. The van der Waals surface area contributed by atoms with Crippen molar-refractivity contribution >= 4 is 10.9 Å². The summed E-state index contributed by atoms with van der Waals surface area (Å²) < 4.78 is 8.64. The topological polar surface area (TPSA) is 66.1 Å². The van der Waals surface area contributed by atoms with E-state index in [1.165, 1.54) is 4.57 Å². The van der Waals surface area contributed by atoms with Crippen molar-refractivity contribution in [2.24, 2.45) is 0 Å². The summed E-state index contributed by atoms with van der Waals surface area (Å²) in [5.74, 6) is 1.14. The third-order valence-corrected chi connectivity index (χ3v) is 4.98. The molecule has 148 valence electrons. The zero-order valence-electron chi connectivity index (χ0n) is 16.6. The molecule has 0 unspecified atom stereocenters. The van der Waals surface area contributed by atoms with Crippen molar-refractivity contribution in [2.45, 2.75) is 33.2 Å². The maximum Gasteiger partial charge on any atom is 0.352 e. The molecule has 6 nitrogen and oxygen atoms in total. The molecule has 0 fully saturated rings. The summed E-state index contributed by atoms with van der Waals surface area (Å²) in [7, 11) is 0. The van der Waals surface area contributed by atoms with Crippen molar-refractivity contribution in [1.82, 2.24) is 14.1 Å².